The standard InChI is InChI=1S/C10H20O4/c1-10(2,6-8(11)12-3)7-9(13-4)14-5/h9H,6-7H2,1-5H3. The second-order valence-electron chi connectivity index (χ2n) is 4.02. The van der Waals surface area contributed by atoms with Gasteiger partial charge in [0, 0.05) is 20.6 Å². The Labute approximate surface area is 85.5 Å². The van der Waals surface area contributed by atoms with Gasteiger partial charge >= 0.3 is 5.97 Å². The molecule has 0 heterocycles. The second-order valence-corrected chi connectivity index (χ2v) is 4.02. The maximum atomic E-state index is 11.1. The predicted molar refractivity (Wildman–Crippen MR) is 52.8 cm³/mol. The monoisotopic (exact) mass is 204 g/mol. The highest BCUT2D eigenvalue weighted by Gasteiger charge is 2.26. The fourth-order valence-electron chi connectivity index (χ4n) is 1.25. The fourth-order valence-corrected chi connectivity index (χ4v) is 1.25. The van der Waals surface area contributed by atoms with Crippen LogP contribution >= 0.6 is 0 Å². The molecule has 14 heavy (non-hydrogen) atoms. The van der Waals surface area contributed by atoms with E-state index >= 15 is 0 Å². The summed E-state index contributed by atoms with van der Waals surface area (Å²) in [6.07, 6.45) is 0.761. The van der Waals surface area contributed by atoms with E-state index in [0.717, 1.165) is 0 Å². The lowest BCUT2D eigenvalue weighted by Gasteiger charge is -2.27. The van der Waals surface area contributed by atoms with E-state index in [0.29, 0.717) is 12.8 Å². The van der Waals surface area contributed by atoms with Crippen molar-refractivity contribution in [3.05, 3.63) is 0 Å². The zero-order valence-corrected chi connectivity index (χ0v) is 9.62. The number of methoxy groups -OCH3 is 3. The van der Waals surface area contributed by atoms with Gasteiger partial charge in [0.2, 0.25) is 0 Å². The highest BCUT2D eigenvalue weighted by Crippen LogP contribution is 2.28. The number of hydrogen-bond acceptors (Lipinski definition) is 4. The van der Waals surface area contributed by atoms with E-state index in [1.165, 1.54) is 7.11 Å². The summed E-state index contributed by atoms with van der Waals surface area (Å²) in [6.45, 7) is 3.96. The van der Waals surface area contributed by atoms with Crippen molar-refractivity contribution in [3.8, 4) is 0 Å². The van der Waals surface area contributed by atoms with Crippen LogP contribution in [0.2, 0.25) is 0 Å². The molecule has 0 fully saturated rings. The van der Waals surface area contributed by atoms with Crippen molar-refractivity contribution in [2.24, 2.45) is 5.41 Å². The van der Waals surface area contributed by atoms with Crippen molar-refractivity contribution < 1.29 is 19.0 Å². The van der Waals surface area contributed by atoms with Crippen LogP contribution < -0.4 is 0 Å². The molecule has 0 aromatic carbocycles. The van der Waals surface area contributed by atoms with Crippen LogP contribution in [-0.2, 0) is 19.0 Å². The van der Waals surface area contributed by atoms with Crippen LogP contribution in [0.5, 0.6) is 0 Å². The largest absolute Gasteiger partial charge is 0.469 e. The maximum Gasteiger partial charge on any atom is 0.306 e. The van der Waals surface area contributed by atoms with Gasteiger partial charge in [0.25, 0.3) is 0 Å². The van der Waals surface area contributed by atoms with Gasteiger partial charge in [-0.2, -0.15) is 0 Å². The molecule has 0 aromatic heterocycles. The number of carbonyl (C=O) groups excluding carboxylic acids is 1. The summed E-state index contributed by atoms with van der Waals surface area (Å²) < 4.78 is 14.8. The van der Waals surface area contributed by atoms with Crippen molar-refractivity contribution in [1.29, 1.82) is 0 Å². The molecule has 4 heteroatoms. The number of hydrogen-bond donors (Lipinski definition) is 0. The minimum absolute atomic E-state index is 0.177. The first-order valence-corrected chi connectivity index (χ1v) is 4.57. The van der Waals surface area contributed by atoms with Gasteiger partial charge in [-0.15, -0.1) is 0 Å². The second kappa shape index (κ2) is 5.98. The zero-order valence-electron chi connectivity index (χ0n) is 9.62. The fraction of sp³-hybridized carbons (Fsp3) is 0.900. The summed E-state index contributed by atoms with van der Waals surface area (Å²) >= 11 is 0. The van der Waals surface area contributed by atoms with Crippen molar-refractivity contribution in [2.45, 2.75) is 33.0 Å². The Morgan fingerprint density at radius 2 is 1.71 bits per heavy atom. The summed E-state index contributed by atoms with van der Waals surface area (Å²) in [6, 6.07) is 0. The van der Waals surface area contributed by atoms with Crippen LogP contribution in [0.4, 0.5) is 0 Å². The Balaban J connectivity index is 4.10. The van der Waals surface area contributed by atoms with E-state index in [9.17, 15) is 4.79 Å². The van der Waals surface area contributed by atoms with Gasteiger partial charge in [-0.3, -0.25) is 4.79 Å². The molecule has 0 amide bonds. The number of ether oxygens (including phenoxy) is 3. The Kier molecular flexibility index (Phi) is 5.72. The average Bonchev–Trinajstić information content (AvgIpc) is 2.13. The summed E-state index contributed by atoms with van der Waals surface area (Å²) in [7, 11) is 4.56. The molecule has 0 spiro atoms. The lowest BCUT2D eigenvalue weighted by molar-refractivity contribution is -0.147. The molecule has 84 valence electrons. The van der Waals surface area contributed by atoms with E-state index in [1.807, 2.05) is 13.8 Å². The molecular weight excluding hydrogens is 184 g/mol. The van der Waals surface area contributed by atoms with Gasteiger partial charge in [-0.05, 0) is 5.41 Å². The minimum Gasteiger partial charge on any atom is -0.469 e. The van der Waals surface area contributed by atoms with Crippen LogP contribution in [0.1, 0.15) is 26.7 Å². The Morgan fingerprint density at radius 3 is 2.07 bits per heavy atom. The summed E-state index contributed by atoms with van der Waals surface area (Å²) in [5.74, 6) is -0.207. The maximum absolute atomic E-state index is 11.1. The zero-order chi connectivity index (χ0) is 11.2. The smallest absolute Gasteiger partial charge is 0.306 e. The van der Waals surface area contributed by atoms with Gasteiger partial charge < -0.3 is 14.2 Å². The highest BCUT2D eigenvalue weighted by molar-refractivity contribution is 5.69. The molecule has 0 unspecified atom stereocenters. The molecule has 0 rings (SSSR count). The van der Waals surface area contributed by atoms with Crippen LogP contribution in [-0.4, -0.2) is 33.6 Å². The molecular formula is C10H20O4. The third kappa shape index (κ3) is 5.19. The summed E-state index contributed by atoms with van der Waals surface area (Å²) in [5.41, 5.74) is -0.177. The van der Waals surface area contributed by atoms with Gasteiger partial charge in [0.15, 0.2) is 6.29 Å². The van der Waals surface area contributed by atoms with Crippen molar-refractivity contribution in [3.63, 3.8) is 0 Å². The topological polar surface area (TPSA) is 44.8 Å². The van der Waals surface area contributed by atoms with E-state index in [2.05, 4.69) is 4.74 Å². The van der Waals surface area contributed by atoms with Crippen LogP contribution in [0.3, 0.4) is 0 Å². The van der Waals surface area contributed by atoms with E-state index in [1.54, 1.807) is 14.2 Å². The van der Waals surface area contributed by atoms with Gasteiger partial charge in [0.1, 0.15) is 0 Å². The first-order valence-electron chi connectivity index (χ1n) is 4.57. The molecule has 0 bridgehead atoms. The number of esters is 1. The van der Waals surface area contributed by atoms with Crippen LogP contribution in [0.15, 0.2) is 0 Å². The van der Waals surface area contributed by atoms with Gasteiger partial charge in [-0.1, -0.05) is 13.8 Å². The Bertz CT molecular complexity index is 173. The third-order valence-electron chi connectivity index (χ3n) is 2.10. The summed E-state index contributed by atoms with van der Waals surface area (Å²) in [5, 5.41) is 0. The molecule has 0 atom stereocenters. The lowest BCUT2D eigenvalue weighted by Crippen LogP contribution is -2.26. The van der Waals surface area contributed by atoms with Gasteiger partial charge in [-0.25, -0.2) is 0 Å². The predicted octanol–water partition coefficient (Wildman–Crippen LogP) is 1.58. The van der Waals surface area contributed by atoms with Crippen molar-refractivity contribution in [2.75, 3.05) is 21.3 Å². The SMILES string of the molecule is COC(=O)CC(C)(C)CC(OC)OC. The van der Waals surface area contributed by atoms with Gasteiger partial charge in [0.05, 0.1) is 13.5 Å². The van der Waals surface area contributed by atoms with E-state index < -0.39 is 0 Å². The van der Waals surface area contributed by atoms with Crippen molar-refractivity contribution in [1.82, 2.24) is 0 Å². The normalized spacial score (nSPS) is 11.9. The van der Waals surface area contributed by atoms with E-state index in [4.69, 9.17) is 9.47 Å². The van der Waals surface area contributed by atoms with Crippen molar-refractivity contribution >= 4 is 5.97 Å². The lowest BCUT2D eigenvalue weighted by atomic mass is 9.85. The quantitative estimate of drug-likeness (QED) is 0.487. The average molecular weight is 204 g/mol. The molecule has 0 N–H and O–H groups in total. The molecule has 0 radical (unpaired) electrons. The molecule has 0 saturated heterocycles. The van der Waals surface area contributed by atoms with E-state index in [-0.39, 0.29) is 17.7 Å². The molecule has 0 aliphatic rings. The van der Waals surface area contributed by atoms with Crippen LogP contribution in [0, 0.1) is 5.41 Å². The first-order chi connectivity index (χ1) is 6.45. The molecule has 0 aliphatic carbocycles. The number of carbonyl (C=O) groups is 1. The molecule has 4 nitrogen and oxygen atoms in total. The highest BCUT2D eigenvalue weighted by atomic mass is 16.7. The molecule has 0 aliphatic heterocycles. The third-order valence-corrected chi connectivity index (χ3v) is 2.10. The summed E-state index contributed by atoms with van der Waals surface area (Å²) in [4.78, 5) is 11.1. The first kappa shape index (κ1) is 13.4. The Morgan fingerprint density at radius 1 is 1.21 bits per heavy atom. The molecule has 0 saturated carbocycles. The van der Waals surface area contributed by atoms with Crippen LogP contribution in [0.25, 0.3) is 0 Å². The minimum atomic E-state index is -0.269. The molecule has 0 aromatic rings. The Hall–Kier alpha value is -0.610. The number of rotatable bonds is 6.